The first kappa shape index (κ1) is 22.6. The zero-order valence-corrected chi connectivity index (χ0v) is 20.8. The Morgan fingerprint density at radius 1 is 1.30 bits per heavy atom. The van der Waals surface area contributed by atoms with Gasteiger partial charge in [0.15, 0.2) is 5.82 Å². The third-order valence-corrected chi connectivity index (χ3v) is 7.25. The van der Waals surface area contributed by atoms with Crippen LogP contribution >= 0.6 is 15.9 Å². The van der Waals surface area contributed by atoms with Gasteiger partial charge in [0.05, 0.1) is 30.8 Å². The summed E-state index contributed by atoms with van der Waals surface area (Å²) in [5, 5.41) is 0. The van der Waals surface area contributed by atoms with E-state index in [-0.39, 0.29) is 11.6 Å². The predicted octanol–water partition coefficient (Wildman–Crippen LogP) is 4.33. The summed E-state index contributed by atoms with van der Waals surface area (Å²) in [6.45, 7) is 6.16. The number of nitrogens with zero attached hydrogens (tertiary/aromatic N) is 5. The smallest absolute Gasteiger partial charge is 0.165 e. The second-order valence-corrected chi connectivity index (χ2v) is 9.82. The molecule has 0 saturated carbocycles. The maximum atomic E-state index is 15.1. The zero-order valence-electron chi connectivity index (χ0n) is 19.2. The van der Waals surface area contributed by atoms with Crippen LogP contribution in [0.5, 0.6) is 5.75 Å². The molecule has 9 heteroatoms. The summed E-state index contributed by atoms with van der Waals surface area (Å²) in [6, 6.07) is 6.21. The Balaban J connectivity index is 1.60. The monoisotopic (exact) mass is 517 g/mol. The van der Waals surface area contributed by atoms with Gasteiger partial charge in [-0.25, -0.2) is 14.4 Å². The molecule has 0 aliphatic carbocycles. The number of ether oxygens (including phenoxy) is 2. The van der Waals surface area contributed by atoms with E-state index in [1.807, 2.05) is 22.9 Å². The average molecular weight is 518 g/mol. The maximum Gasteiger partial charge on any atom is 0.165 e. The predicted molar refractivity (Wildman–Crippen MR) is 130 cm³/mol. The Kier molecular flexibility index (Phi) is 6.28. The van der Waals surface area contributed by atoms with Gasteiger partial charge >= 0.3 is 0 Å². The van der Waals surface area contributed by atoms with Crippen molar-refractivity contribution in [3.63, 3.8) is 0 Å². The van der Waals surface area contributed by atoms with Gasteiger partial charge in [-0.15, -0.1) is 0 Å². The van der Waals surface area contributed by atoms with Crippen LogP contribution in [0.1, 0.15) is 19.8 Å². The number of rotatable bonds is 5. The highest BCUT2D eigenvalue weighted by molar-refractivity contribution is 9.10. The molecule has 3 aromatic rings. The van der Waals surface area contributed by atoms with Gasteiger partial charge in [0.25, 0.3) is 0 Å². The molecule has 2 aromatic heterocycles. The quantitative estimate of drug-likeness (QED) is 0.502. The summed E-state index contributed by atoms with van der Waals surface area (Å²) < 4.78 is 29.1. The van der Waals surface area contributed by atoms with Gasteiger partial charge in [-0.1, -0.05) is 0 Å². The molecule has 33 heavy (non-hydrogen) atoms. The van der Waals surface area contributed by atoms with Crippen LogP contribution in [0.3, 0.4) is 0 Å². The molecule has 0 amide bonds. The third-order valence-electron chi connectivity index (χ3n) is 6.68. The van der Waals surface area contributed by atoms with E-state index in [2.05, 4.69) is 39.7 Å². The molecule has 176 valence electrons. The van der Waals surface area contributed by atoms with Crippen LogP contribution in [-0.4, -0.2) is 72.0 Å². The molecule has 2 saturated heterocycles. The molecule has 0 spiro atoms. The number of anilines is 1. The number of benzene rings is 1. The molecule has 2 atom stereocenters. The Bertz CT molecular complexity index is 1150. The van der Waals surface area contributed by atoms with Crippen molar-refractivity contribution in [3.05, 3.63) is 34.7 Å². The van der Waals surface area contributed by atoms with Crippen molar-refractivity contribution < 1.29 is 13.9 Å². The Labute approximate surface area is 201 Å². The molecular weight excluding hydrogens is 489 g/mol. The van der Waals surface area contributed by atoms with Gasteiger partial charge in [-0.05, 0) is 60.9 Å². The van der Waals surface area contributed by atoms with Gasteiger partial charge in [0.2, 0.25) is 0 Å². The fraction of sp³-hybridized carbons (Fsp3) is 0.500. The number of likely N-dealkylation sites (N-methyl/N-ethyl adjacent to an activating group) is 1. The number of fused-ring (bicyclic) bond motifs is 1. The van der Waals surface area contributed by atoms with E-state index < -0.39 is 5.82 Å². The maximum absolute atomic E-state index is 15.1. The molecule has 0 radical (unpaired) electrons. The number of hydrogen-bond acceptors (Lipinski definition) is 6. The van der Waals surface area contributed by atoms with Crippen LogP contribution in [0.15, 0.2) is 28.9 Å². The number of morpholine rings is 1. The second-order valence-electron chi connectivity index (χ2n) is 8.96. The van der Waals surface area contributed by atoms with Crippen LogP contribution in [0, 0.1) is 5.82 Å². The first-order valence-electron chi connectivity index (χ1n) is 11.4. The van der Waals surface area contributed by atoms with Crippen molar-refractivity contribution in [2.45, 2.75) is 38.5 Å². The lowest BCUT2D eigenvalue weighted by molar-refractivity contribution is -0.0267. The highest BCUT2D eigenvalue weighted by atomic mass is 79.9. The summed E-state index contributed by atoms with van der Waals surface area (Å²) in [5.41, 5.74) is 1.74. The fourth-order valence-electron chi connectivity index (χ4n) is 4.91. The summed E-state index contributed by atoms with van der Waals surface area (Å²) >= 11 is 3.30. The minimum atomic E-state index is -0.400. The minimum Gasteiger partial charge on any atom is -0.494 e. The van der Waals surface area contributed by atoms with E-state index in [1.54, 1.807) is 13.2 Å². The van der Waals surface area contributed by atoms with Crippen molar-refractivity contribution in [2.24, 2.45) is 0 Å². The zero-order chi connectivity index (χ0) is 23.1. The number of halogens is 2. The normalized spacial score (nSPS) is 21.8. The molecule has 0 N–H and O–H groups in total. The number of methoxy groups -OCH3 is 1. The van der Waals surface area contributed by atoms with Crippen molar-refractivity contribution in [1.82, 2.24) is 19.4 Å². The second kappa shape index (κ2) is 9.19. The highest BCUT2D eigenvalue weighted by Crippen LogP contribution is 2.37. The molecule has 4 heterocycles. The SMILES string of the molecule is COc1cc(Br)c(F)c2nc(-c3ccc(N4CCCC4C)nc3)n(CC3CN(C)CCO3)c12. The van der Waals surface area contributed by atoms with E-state index in [1.165, 1.54) is 12.8 Å². The largest absolute Gasteiger partial charge is 0.494 e. The van der Waals surface area contributed by atoms with Crippen molar-refractivity contribution >= 4 is 32.8 Å². The number of hydrogen-bond donors (Lipinski definition) is 0. The number of imidazole rings is 1. The first-order chi connectivity index (χ1) is 16.0. The van der Waals surface area contributed by atoms with Crippen molar-refractivity contribution in [2.75, 3.05) is 45.3 Å². The third kappa shape index (κ3) is 4.22. The molecule has 2 aliphatic heterocycles. The van der Waals surface area contributed by atoms with Crippen molar-refractivity contribution in [1.29, 1.82) is 0 Å². The highest BCUT2D eigenvalue weighted by Gasteiger charge is 2.26. The molecule has 5 rings (SSSR count). The van der Waals surface area contributed by atoms with Crippen LogP contribution in [-0.2, 0) is 11.3 Å². The molecule has 0 bridgehead atoms. The summed E-state index contributed by atoms with van der Waals surface area (Å²) in [5.74, 6) is 1.79. The summed E-state index contributed by atoms with van der Waals surface area (Å²) in [4.78, 5) is 14.0. The Hall–Kier alpha value is -2.23. The Morgan fingerprint density at radius 2 is 2.15 bits per heavy atom. The van der Waals surface area contributed by atoms with Crippen molar-refractivity contribution in [3.8, 4) is 17.1 Å². The van der Waals surface area contributed by atoms with E-state index in [9.17, 15) is 0 Å². The van der Waals surface area contributed by atoms with Gasteiger partial charge in [0.1, 0.15) is 28.4 Å². The van der Waals surface area contributed by atoms with E-state index in [0.29, 0.717) is 40.8 Å². The summed E-state index contributed by atoms with van der Waals surface area (Å²) in [7, 11) is 3.68. The van der Waals surface area contributed by atoms with Crippen LogP contribution in [0.4, 0.5) is 10.2 Å². The topological polar surface area (TPSA) is 55.7 Å². The number of aromatic nitrogens is 3. The van der Waals surface area contributed by atoms with E-state index in [4.69, 9.17) is 19.4 Å². The van der Waals surface area contributed by atoms with E-state index in [0.717, 1.165) is 31.0 Å². The molecule has 1 aromatic carbocycles. The molecule has 7 nitrogen and oxygen atoms in total. The van der Waals surface area contributed by atoms with Gasteiger partial charge in [-0.3, -0.25) is 0 Å². The molecular formula is C24H29BrFN5O2. The minimum absolute atomic E-state index is 0.0333. The van der Waals surface area contributed by atoms with Gasteiger partial charge < -0.3 is 23.8 Å². The lowest BCUT2D eigenvalue weighted by Crippen LogP contribution is -2.42. The van der Waals surface area contributed by atoms with Crippen LogP contribution in [0.2, 0.25) is 0 Å². The van der Waals surface area contributed by atoms with Gasteiger partial charge in [-0.2, -0.15) is 0 Å². The summed E-state index contributed by atoms with van der Waals surface area (Å²) in [6.07, 6.45) is 4.17. The van der Waals surface area contributed by atoms with E-state index >= 15 is 4.39 Å². The standard InChI is InChI=1S/C24H29BrFN5O2/c1-15-5-4-8-30(15)20-7-6-16(12-27-20)24-28-22-21(26)18(25)11-19(32-3)23(22)31(24)14-17-13-29(2)9-10-33-17/h6-7,11-12,15,17H,4-5,8-10,13-14H2,1-3H3. The molecule has 2 unspecified atom stereocenters. The van der Waals surface area contributed by atoms with Gasteiger partial charge in [0, 0.05) is 37.4 Å². The first-order valence-corrected chi connectivity index (χ1v) is 12.2. The number of pyridine rings is 1. The average Bonchev–Trinajstić information content (AvgIpc) is 3.40. The fourth-order valence-corrected chi connectivity index (χ4v) is 5.31. The van der Waals surface area contributed by atoms with Crippen LogP contribution < -0.4 is 9.64 Å². The molecule has 2 fully saturated rings. The van der Waals surface area contributed by atoms with Crippen LogP contribution in [0.25, 0.3) is 22.4 Å². The Morgan fingerprint density at radius 3 is 2.82 bits per heavy atom. The molecule has 2 aliphatic rings. The lowest BCUT2D eigenvalue weighted by atomic mass is 10.2. The lowest BCUT2D eigenvalue weighted by Gasteiger charge is -2.30.